The first-order valence-electron chi connectivity index (χ1n) is 13.5. The number of hydrogen-bond acceptors (Lipinski definition) is 8. The fourth-order valence-corrected chi connectivity index (χ4v) is 7.78. The maximum Gasteiger partial charge on any atom is 0.334 e. The summed E-state index contributed by atoms with van der Waals surface area (Å²) in [6.45, 7) is 5.14. The fourth-order valence-electron chi connectivity index (χ4n) is 7.78. The van der Waals surface area contributed by atoms with E-state index in [0.29, 0.717) is 28.4 Å². The van der Waals surface area contributed by atoms with E-state index < -0.39 is 64.6 Å². The van der Waals surface area contributed by atoms with Crippen molar-refractivity contribution in [3.63, 3.8) is 0 Å². The molecule has 2 heterocycles. The summed E-state index contributed by atoms with van der Waals surface area (Å²) >= 11 is 0. The van der Waals surface area contributed by atoms with E-state index >= 15 is 0 Å². The zero-order valence-corrected chi connectivity index (χ0v) is 23.4. The summed E-state index contributed by atoms with van der Waals surface area (Å²) in [7, 11) is 3.03. The van der Waals surface area contributed by atoms with Gasteiger partial charge in [-0.1, -0.05) is 12.5 Å². The Morgan fingerprint density at radius 1 is 0.732 bits per heavy atom. The maximum absolute atomic E-state index is 14.2. The molecule has 2 aromatic carbocycles. The van der Waals surface area contributed by atoms with Gasteiger partial charge in [0, 0.05) is 16.9 Å². The van der Waals surface area contributed by atoms with E-state index in [-0.39, 0.29) is 12.2 Å². The standard InChI is InChI=1S/C31H30N2O8/c1-6-41-30(38)23-15(2)20-21-24(28(36)32(26(21)34)16-7-11-18(39-4)12-8-16)31(23,3)25-22(20)27(35)33(29(25)37)17-9-13-19(40-5)14-10-17/h7-14,20-22,24-25H,6H2,1-5H3. The molecule has 2 bridgehead atoms. The van der Waals surface area contributed by atoms with Crippen LogP contribution in [0.5, 0.6) is 11.5 Å². The molecule has 0 radical (unpaired) electrons. The number of ether oxygens (including phenoxy) is 3. The summed E-state index contributed by atoms with van der Waals surface area (Å²) in [6.07, 6.45) is 0. The third-order valence-electron chi connectivity index (χ3n) is 9.34. The van der Waals surface area contributed by atoms with E-state index in [1.165, 1.54) is 14.2 Å². The number of esters is 1. The molecule has 2 saturated heterocycles. The third kappa shape index (κ3) is 3.39. The molecule has 5 aliphatic rings. The van der Waals surface area contributed by atoms with Crippen molar-refractivity contribution in [1.82, 2.24) is 0 Å². The minimum absolute atomic E-state index is 0.0915. The molecule has 2 aromatic rings. The van der Waals surface area contributed by atoms with Crippen molar-refractivity contribution in [1.29, 1.82) is 0 Å². The molecule has 4 unspecified atom stereocenters. The quantitative estimate of drug-likeness (QED) is 0.392. The number of allylic oxidation sites excluding steroid dienone is 1. The van der Waals surface area contributed by atoms with Gasteiger partial charge in [-0.25, -0.2) is 4.79 Å². The predicted molar refractivity (Wildman–Crippen MR) is 146 cm³/mol. The lowest BCUT2D eigenvalue weighted by Gasteiger charge is -2.55. The Bertz CT molecular complexity index is 1430. The van der Waals surface area contributed by atoms with Gasteiger partial charge in [-0.3, -0.25) is 29.0 Å². The van der Waals surface area contributed by atoms with E-state index in [4.69, 9.17) is 14.2 Å². The highest BCUT2D eigenvalue weighted by molar-refractivity contribution is 6.27. The van der Waals surface area contributed by atoms with Crippen molar-refractivity contribution in [3.8, 4) is 11.5 Å². The molecule has 10 heteroatoms. The van der Waals surface area contributed by atoms with Gasteiger partial charge in [0.05, 0.1) is 55.9 Å². The van der Waals surface area contributed by atoms with Crippen LogP contribution in [0.2, 0.25) is 0 Å². The Morgan fingerprint density at radius 2 is 1.15 bits per heavy atom. The molecule has 0 aromatic heterocycles. The zero-order valence-electron chi connectivity index (χ0n) is 23.4. The van der Waals surface area contributed by atoms with Crippen molar-refractivity contribution in [3.05, 3.63) is 59.7 Å². The molecule has 212 valence electrons. The molecule has 0 N–H and O–H groups in total. The van der Waals surface area contributed by atoms with Crippen LogP contribution in [-0.2, 0) is 28.7 Å². The van der Waals surface area contributed by atoms with E-state index in [1.54, 1.807) is 69.3 Å². The van der Waals surface area contributed by atoms with Crippen molar-refractivity contribution < 1.29 is 38.2 Å². The second-order valence-electron chi connectivity index (χ2n) is 11.0. The fraction of sp³-hybridized carbons (Fsp3) is 0.387. The summed E-state index contributed by atoms with van der Waals surface area (Å²) in [4.78, 5) is 72.3. The average molecular weight is 559 g/mol. The van der Waals surface area contributed by atoms with E-state index in [1.807, 2.05) is 0 Å². The predicted octanol–water partition coefficient (Wildman–Crippen LogP) is 3.14. The van der Waals surface area contributed by atoms with Crippen molar-refractivity contribution in [2.24, 2.45) is 35.0 Å². The Hall–Kier alpha value is -4.47. The summed E-state index contributed by atoms with van der Waals surface area (Å²) < 4.78 is 15.9. The van der Waals surface area contributed by atoms with Gasteiger partial charge < -0.3 is 14.2 Å². The van der Waals surface area contributed by atoms with Crippen LogP contribution in [0.25, 0.3) is 0 Å². The number of imide groups is 2. The molecule has 4 atom stereocenters. The number of carbonyl (C=O) groups excluding carboxylic acids is 5. The van der Waals surface area contributed by atoms with E-state index in [0.717, 1.165) is 9.80 Å². The molecular formula is C31H30N2O8. The number of benzene rings is 2. The van der Waals surface area contributed by atoms with Crippen LogP contribution in [0.1, 0.15) is 20.8 Å². The number of hydrogen-bond donors (Lipinski definition) is 0. The van der Waals surface area contributed by atoms with Crippen LogP contribution < -0.4 is 19.3 Å². The maximum atomic E-state index is 14.2. The van der Waals surface area contributed by atoms with Gasteiger partial charge in [0.2, 0.25) is 23.6 Å². The summed E-state index contributed by atoms with van der Waals surface area (Å²) in [5.74, 6) is -6.15. The third-order valence-corrected chi connectivity index (χ3v) is 9.34. The van der Waals surface area contributed by atoms with Gasteiger partial charge in [-0.2, -0.15) is 0 Å². The number of methoxy groups -OCH3 is 2. The molecule has 10 nitrogen and oxygen atoms in total. The van der Waals surface area contributed by atoms with Gasteiger partial charge in [-0.15, -0.1) is 0 Å². The van der Waals surface area contributed by atoms with Crippen molar-refractivity contribution in [2.75, 3.05) is 30.6 Å². The normalized spacial score (nSPS) is 30.1. The lowest BCUT2D eigenvalue weighted by molar-refractivity contribution is -0.155. The Balaban J connectivity index is 1.51. The van der Waals surface area contributed by atoms with Crippen LogP contribution in [-0.4, -0.2) is 50.4 Å². The van der Waals surface area contributed by atoms with E-state index in [2.05, 4.69) is 0 Å². The minimum atomic E-state index is -1.46. The van der Waals surface area contributed by atoms with Crippen LogP contribution in [0.15, 0.2) is 59.7 Å². The minimum Gasteiger partial charge on any atom is -0.497 e. The van der Waals surface area contributed by atoms with Gasteiger partial charge in [-0.05, 0) is 62.4 Å². The number of carbonyl (C=O) groups is 5. The number of nitrogens with zero attached hydrogens (tertiary/aromatic N) is 2. The first-order valence-corrected chi connectivity index (χ1v) is 13.5. The molecule has 4 amide bonds. The molecule has 1 saturated carbocycles. The van der Waals surface area contributed by atoms with Gasteiger partial charge >= 0.3 is 5.97 Å². The van der Waals surface area contributed by atoms with Crippen LogP contribution in [0.3, 0.4) is 0 Å². The summed E-state index contributed by atoms with van der Waals surface area (Å²) in [6, 6.07) is 13.1. The van der Waals surface area contributed by atoms with Crippen molar-refractivity contribution >= 4 is 41.0 Å². The molecule has 3 fully saturated rings. The topological polar surface area (TPSA) is 120 Å². The molecule has 41 heavy (non-hydrogen) atoms. The summed E-state index contributed by atoms with van der Waals surface area (Å²) in [5, 5.41) is 0. The largest absolute Gasteiger partial charge is 0.497 e. The highest BCUT2D eigenvalue weighted by atomic mass is 16.5. The molecule has 7 rings (SSSR count). The Labute approximate surface area is 236 Å². The first-order chi connectivity index (χ1) is 19.6. The number of anilines is 2. The lowest BCUT2D eigenvalue weighted by Crippen LogP contribution is -2.61. The second kappa shape index (κ2) is 9.29. The van der Waals surface area contributed by atoms with Gasteiger partial charge in [0.25, 0.3) is 0 Å². The summed E-state index contributed by atoms with van der Waals surface area (Å²) in [5.41, 5.74) is -0.0128. The van der Waals surface area contributed by atoms with E-state index in [9.17, 15) is 24.0 Å². The molecule has 2 aliphatic heterocycles. The first kappa shape index (κ1) is 26.7. The smallest absolute Gasteiger partial charge is 0.334 e. The van der Waals surface area contributed by atoms with Crippen LogP contribution in [0, 0.1) is 35.0 Å². The van der Waals surface area contributed by atoms with Crippen LogP contribution in [0.4, 0.5) is 11.4 Å². The molecule has 3 aliphatic carbocycles. The number of rotatable bonds is 6. The Morgan fingerprint density at radius 3 is 1.51 bits per heavy atom. The lowest BCUT2D eigenvalue weighted by atomic mass is 9.43. The second-order valence-corrected chi connectivity index (χ2v) is 11.0. The highest BCUT2D eigenvalue weighted by Gasteiger charge is 2.77. The Kier molecular flexibility index (Phi) is 6.06. The molecule has 0 spiro atoms. The van der Waals surface area contributed by atoms with Crippen LogP contribution >= 0.6 is 0 Å². The zero-order chi connectivity index (χ0) is 29.4. The number of amides is 4. The van der Waals surface area contributed by atoms with Gasteiger partial charge in [0.1, 0.15) is 11.5 Å². The highest BCUT2D eigenvalue weighted by Crippen LogP contribution is 2.68. The van der Waals surface area contributed by atoms with Gasteiger partial charge in [0.15, 0.2) is 0 Å². The average Bonchev–Trinajstić information content (AvgIpc) is 3.39. The molecular weight excluding hydrogens is 528 g/mol. The van der Waals surface area contributed by atoms with Crippen molar-refractivity contribution in [2.45, 2.75) is 20.8 Å². The monoisotopic (exact) mass is 558 g/mol. The SMILES string of the molecule is CCOC(=O)C1=C(C)C2C3C(=O)N(c4ccc(OC)cc4)C(=O)C3C1(C)C1C(=O)N(c3ccc(OC)cc3)C(=O)C21.